The van der Waals surface area contributed by atoms with Crippen molar-refractivity contribution >= 4 is 14.7 Å². The largest absolute Gasteiger partial charge is 0.288 e. The maximum atomic E-state index is 10.4. The highest BCUT2D eigenvalue weighted by molar-refractivity contribution is 7.26. The lowest BCUT2D eigenvalue weighted by molar-refractivity contribution is 0.778. The Hall–Kier alpha value is -0.560. The molecule has 0 aliphatic carbocycles. The number of nitrogens with zero attached hydrogens (tertiary/aromatic N) is 1. The summed E-state index contributed by atoms with van der Waals surface area (Å²) in [6, 6.07) is 1.52. The number of aryl methyl sites for hydroxylation is 1. The highest BCUT2D eigenvalue weighted by Crippen LogP contribution is 1.77. The van der Waals surface area contributed by atoms with Gasteiger partial charge in [-0.15, -0.1) is 0 Å². The van der Waals surface area contributed by atoms with Crippen molar-refractivity contribution in [3.63, 3.8) is 0 Å². The maximum absolute atomic E-state index is 10.4. The Balaban J connectivity index is 3.35. The molecule has 8 heavy (non-hydrogen) atoms. The summed E-state index contributed by atoms with van der Waals surface area (Å²) >= 11 is 0. The van der Waals surface area contributed by atoms with Crippen LogP contribution < -0.4 is 11.0 Å². The molecule has 0 saturated carbocycles. The van der Waals surface area contributed by atoms with Crippen LogP contribution in [0.15, 0.2) is 10.9 Å². The average molecular weight is 130 g/mol. The second kappa shape index (κ2) is 1.75. The maximum Gasteiger partial charge on any atom is 0.264 e. The molecule has 0 amide bonds. The number of hydrogen-bond donors (Lipinski definition) is 1. The third-order valence-electron chi connectivity index (χ3n) is 0.944. The zero-order valence-electron chi connectivity index (χ0n) is 4.51. The minimum atomic E-state index is -0.0579. The lowest BCUT2D eigenvalue weighted by atomic mass is 10.7. The monoisotopic (exact) mass is 130 g/mol. The second-order valence-corrected chi connectivity index (χ2v) is 2.20. The molecule has 1 rings (SSSR count). The lowest BCUT2D eigenvalue weighted by Crippen LogP contribution is -2.05. The molecule has 0 aliphatic heterocycles. The Morgan fingerprint density at radius 2 is 2.50 bits per heavy atom. The smallest absolute Gasteiger partial charge is 0.264 e. The molecular weight excluding hydrogens is 123 g/mol. The highest BCUT2D eigenvalue weighted by atomic mass is 31.0. The fourth-order valence-corrected chi connectivity index (χ4v) is 0.709. The normalized spacial score (nSPS) is 9.75. The van der Waals surface area contributed by atoms with Gasteiger partial charge in [-0.05, 0) is 0 Å². The van der Waals surface area contributed by atoms with Crippen LogP contribution in [0.3, 0.4) is 0 Å². The number of hydrogen-bond acceptors (Lipinski definition) is 1. The second-order valence-electron chi connectivity index (χ2n) is 1.60. The van der Waals surface area contributed by atoms with Crippen LogP contribution in [0.1, 0.15) is 0 Å². The average Bonchev–Trinajstić information content (AvgIpc) is 1.85. The fraction of sp³-hybridized carbons (Fsp3) is 0.250. The van der Waals surface area contributed by atoms with E-state index in [0.717, 1.165) is 5.44 Å². The Labute approximate surface area is 48.9 Å². The van der Waals surface area contributed by atoms with Gasteiger partial charge in [0.1, 0.15) is 0 Å². The van der Waals surface area contributed by atoms with Crippen molar-refractivity contribution in [1.29, 1.82) is 0 Å². The van der Waals surface area contributed by atoms with E-state index >= 15 is 0 Å². The van der Waals surface area contributed by atoms with Gasteiger partial charge in [-0.3, -0.25) is 14.6 Å². The Bertz CT molecular complexity index is 214. The summed E-state index contributed by atoms with van der Waals surface area (Å²) in [4.78, 5) is 10.4. The van der Waals surface area contributed by atoms with E-state index in [1.54, 1.807) is 11.7 Å². The first-order valence-corrected chi connectivity index (χ1v) is 2.79. The zero-order chi connectivity index (χ0) is 6.15. The van der Waals surface area contributed by atoms with Crippen molar-refractivity contribution in [2.45, 2.75) is 0 Å². The van der Waals surface area contributed by atoms with Crippen LogP contribution in [0.4, 0.5) is 0 Å². The summed E-state index contributed by atoms with van der Waals surface area (Å²) < 4.78 is 1.65. The lowest BCUT2D eigenvalue weighted by Gasteiger charge is -1.88. The van der Waals surface area contributed by atoms with Crippen molar-refractivity contribution in [2.75, 3.05) is 0 Å². The van der Waals surface area contributed by atoms with E-state index in [9.17, 15) is 4.79 Å². The Kier molecular flexibility index (Phi) is 1.22. The molecule has 0 fully saturated rings. The molecule has 0 saturated heterocycles. The van der Waals surface area contributed by atoms with Crippen LogP contribution in [-0.2, 0) is 7.05 Å². The van der Waals surface area contributed by atoms with Gasteiger partial charge in [0.05, 0.1) is 5.44 Å². The number of rotatable bonds is 0. The number of H-pyrrole nitrogens is 1. The zero-order valence-corrected chi connectivity index (χ0v) is 5.66. The molecule has 1 aromatic rings. The van der Waals surface area contributed by atoms with Gasteiger partial charge in [-0.2, -0.15) is 0 Å². The van der Waals surface area contributed by atoms with E-state index in [4.69, 9.17) is 0 Å². The van der Waals surface area contributed by atoms with Crippen molar-refractivity contribution in [3.05, 3.63) is 16.4 Å². The third-order valence-corrected chi connectivity index (χ3v) is 1.50. The Morgan fingerprint density at radius 1 is 1.88 bits per heavy atom. The van der Waals surface area contributed by atoms with Gasteiger partial charge in [0.25, 0.3) is 5.56 Å². The van der Waals surface area contributed by atoms with Gasteiger partial charge in [0, 0.05) is 13.1 Å². The molecule has 0 spiro atoms. The van der Waals surface area contributed by atoms with Crippen LogP contribution in [0.25, 0.3) is 0 Å². The predicted octanol–water partition coefficient (Wildman–Crippen LogP) is -0.786. The van der Waals surface area contributed by atoms with Gasteiger partial charge >= 0.3 is 0 Å². The summed E-state index contributed by atoms with van der Waals surface area (Å²) in [5.74, 6) is 0. The minimum Gasteiger partial charge on any atom is -0.288 e. The van der Waals surface area contributed by atoms with Crippen LogP contribution in [0.5, 0.6) is 0 Å². The molecule has 1 N–H and O–H groups in total. The first-order valence-electron chi connectivity index (χ1n) is 2.21. The molecular formula is C4H7N2OP. The van der Waals surface area contributed by atoms with Crippen molar-refractivity contribution in [1.82, 2.24) is 9.78 Å². The van der Waals surface area contributed by atoms with Crippen molar-refractivity contribution in [2.24, 2.45) is 7.05 Å². The van der Waals surface area contributed by atoms with E-state index in [0.29, 0.717) is 0 Å². The first-order chi connectivity index (χ1) is 3.70. The van der Waals surface area contributed by atoms with Gasteiger partial charge in [-0.25, -0.2) is 0 Å². The summed E-state index contributed by atoms with van der Waals surface area (Å²) in [7, 11) is 4.22. The molecule has 44 valence electrons. The topological polar surface area (TPSA) is 37.8 Å². The van der Waals surface area contributed by atoms with Crippen molar-refractivity contribution in [3.8, 4) is 0 Å². The first kappa shape index (κ1) is 5.57. The molecule has 1 unspecified atom stereocenters. The summed E-state index contributed by atoms with van der Waals surface area (Å²) in [5.41, 5.74) is 0.813. The van der Waals surface area contributed by atoms with Crippen LogP contribution in [0, 0.1) is 0 Å². The van der Waals surface area contributed by atoms with Gasteiger partial charge in [-0.1, -0.05) is 9.24 Å². The van der Waals surface area contributed by atoms with Crippen LogP contribution in [0.2, 0.25) is 0 Å². The van der Waals surface area contributed by atoms with Crippen LogP contribution in [-0.4, -0.2) is 9.78 Å². The van der Waals surface area contributed by atoms with Crippen LogP contribution >= 0.6 is 9.24 Å². The summed E-state index contributed by atoms with van der Waals surface area (Å²) in [6.07, 6.45) is 0. The van der Waals surface area contributed by atoms with E-state index < -0.39 is 0 Å². The molecule has 0 bridgehead atoms. The number of nitrogens with one attached hydrogen (secondary N) is 1. The Morgan fingerprint density at radius 3 is 2.62 bits per heavy atom. The highest BCUT2D eigenvalue weighted by Gasteiger charge is 1.89. The standard InChI is InChI=1S/C4H7N2OP/c1-6-4(8)2-3(7)5-6/h2H,8H2,1H3,(H,5,7). The molecule has 0 aliphatic rings. The van der Waals surface area contributed by atoms with Gasteiger partial charge < -0.3 is 0 Å². The summed E-state index contributed by atoms with van der Waals surface area (Å²) in [6.45, 7) is 0. The van der Waals surface area contributed by atoms with E-state index in [1.807, 2.05) is 0 Å². The van der Waals surface area contributed by atoms with E-state index in [2.05, 4.69) is 14.3 Å². The van der Waals surface area contributed by atoms with E-state index in [1.165, 1.54) is 6.07 Å². The fourth-order valence-electron chi connectivity index (χ4n) is 0.493. The third kappa shape index (κ3) is 0.819. The van der Waals surface area contributed by atoms with E-state index in [-0.39, 0.29) is 5.56 Å². The molecule has 0 aromatic carbocycles. The quantitative estimate of drug-likeness (QED) is 0.459. The molecule has 1 heterocycles. The molecule has 0 radical (unpaired) electrons. The van der Waals surface area contributed by atoms with Gasteiger partial charge in [0.2, 0.25) is 0 Å². The van der Waals surface area contributed by atoms with Gasteiger partial charge in [0.15, 0.2) is 0 Å². The predicted molar refractivity (Wildman–Crippen MR) is 35.4 cm³/mol. The minimum absolute atomic E-state index is 0.0579. The molecule has 1 atom stereocenters. The number of aromatic nitrogens is 2. The number of aromatic amines is 1. The SMILES string of the molecule is Cn1[nH]c(=O)cc1P. The molecule has 1 aromatic heterocycles. The summed E-state index contributed by atoms with van der Waals surface area (Å²) in [5, 5.41) is 2.55. The molecule has 3 nitrogen and oxygen atoms in total. The molecule has 4 heteroatoms. The van der Waals surface area contributed by atoms with Crippen molar-refractivity contribution < 1.29 is 0 Å².